The van der Waals surface area contributed by atoms with Crippen molar-refractivity contribution in [2.75, 3.05) is 32.1 Å². The van der Waals surface area contributed by atoms with Gasteiger partial charge in [-0.3, -0.25) is 9.79 Å². The number of amides is 1. The predicted molar refractivity (Wildman–Crippen MR) is 106 cm³/mol. The molecule has 0 atom stereocenters. The summed E-state index contributed by atoms with van der Waals surface area (Å²) in [5.74, 6) is 1.12. The molecule has 0 aromatic heterocycles. The largest absolute Gasteiger partial charge is 0.382 e. The van der Waals surface area contributed by atoms with E-state index < -0.39 is 0 Å². The Morgan fingerprint density at radius 1 is 1.27 bits per heavy atom. The smallest absolute Gasteiger partial charge is 0.227 e. The van der Waals surface area contributed by atoms with E-state index in [1.165, 1.54) is 6.42 Å². The minimum atomic E-state index is 0.144. The van der Waals surface area contributed by atoms with E-state index in [1.807, 2.05) is 31.2 Å². The van der Waals surface area contributed by atoms with E-state index in [-0.39, 0.29) is 11.8 Å². The number of aliphatic imine (C=N–C) groups is 1. The van der Waals surface area contributed by atoms with Crippen LogP contribution in [-0.4, -0.2) is 38.7 Å². The van der Waals surface area contributed by atoms with Crippen molar-refractivity contribution < 1.29 is 9.53 Å². The summed E-state index contributed by atoms with van der Waals surface area (Å²) in [5, 5.41) is 9.64. The van der Waals surface area contributed by atoms with E-state index in [9.17, 15) is 4.79 Å². The molecule has 0 radical (unpaired) electrons. The molecule has 2 rings (SSSR count). The number of benzene rings is 1. The lowest BCUT2D eigenvalue weighted by Crippen LogP contribution is -2.37. The molecule has 1 amide bonds. The van der Waals surface area contributed by atoms with Crippen LogP contribution in [0.15, 0.2) is 29.3 Å². The first-order valence-electron chi connectivity index (χ1n) is 9.65. The van der Waals surface area contributed by atoms with Crippen LogP contribution >= 0.6 is 0 Å². The number of hydrogen-bond donors (Lipinski definition) is 3. The maximum absolute atomic E-state index is 12.1. The van der Waals surface area contributed by atoms with E-state index in [2.05, 4.69) is 20.9 Å². The van der Waals surface area contributed by atoms with Crippen molar-refractivity contribution in [3.05, 3.63) is 29.8 Å². The Hall–Kier alpha value is -2.08. The van der Waals surface area contributed by atoms with Gasteiger partial charge in [0.25, 0.3) is 0 Å². The topological polar surface area (TPSA) is 74.8 Å². The van der Waals surface area contributed by atoms with Gasteiger partial charge in [0.2, 0.25) is 5.91 Å². The third-order valence-corrected chi connectivity index (χ3v) is 4.57. The molecule has 144 valence electrons. The molecule has 0 unspecified atom stereocenters. The zero-order valence-corrected chi connectivity index (χ0v) is 16.0. The lowest BCUT2D eigenvalue weighted by atomic mass is 9.85. The van der Waals surface area contributed by atoms with Crippen LogP contribution in [0.4, 0.5) is 5.69 Å². The second kappa shape index (κ2) is 11.5. The lowest BCUT2D eigenvalue weighted by molar-refractivity contribution is -0.122. The summed E-state index contributed by atoms with van der Waals surface area (Å²) in [7, 11) is 1.77. The highest BCUT2D eigenvalue weighted by Gasteiger charge is 2.25. The van der Waals surface area contributed by atoms with Crippen LogP contribution in [0.3, 0.4) is 0 Å². The quantitative estimate of drug-likeness (QED) is 0.341. The highest BCUT2D eigenvalue weighted by atomic mass is 16.5. The number of unbranched alkanes of at least 4 members (excludes halogenated alkanes) is 1. The van der Waals surface area contributed by atoms with Crippen LogP contribution in [0.25, 0.3) is 0 Å². The summed E-state index contributed by atoms with van der Waals surface area (Å²) in [6.07, 6.45) is 5.28. The molecule has 0 saturated heterocycles. The molecular formula is C20H32N4O2. The first-order chi connectivity index (χ1) is 12.7. The number of anilines is 1. The minimum absolute atomic E-state index is 0.144. The zero-order chi connectivity index (χ0) is 18.6. The second-order valence-corrected chi connectivity index (χ2v) is 6.57. The van der Waals surface area contributed by atoms with Crippen molar-refractivity contribution in [1.29, 1.82) is 0 Å². The molecular weight excluding hydrogens is 328 g/mol. The van der Waals surface area contributed by atoms with E-state index in [0.717, 1.165) is 62.7 Å². The molecule has 0 bridgehead atoms. The zero-order valence-electron chi connectivity index (χ0n) is 16.0. The summed E-state index contributed by atoms with van der Waals surface area (Å²) >= 11 is 0. The average Bonchev–Trinajstić information content (AvgIpc) is 2.59. The molecule has 1 aromatic rings. The maximum Gasteiger partial charge on any atom is 0.227 e. The van der Waals surface area contributed by atoms with Gasteiger partial charge in [-0.05, 0) is 50.3 Å². The van der Waals surface area contributed by atoms with E-state index in [1.54, 1.807) is 7.05 Å². The van der Waals surface area contributed by atoms with Crippen LogP contribution in [0.5, 0.6) is 0 Å². The van der Waals surface area contributed by atoms with Crippen molar-refractivity contribution in [3.63, 3.8) is 0 Å². The first-order valence-corrected chi connectivity index (χ1v) is 9.65. The Kier molecular flexibility index (Phi) is 8.96. The first kappa shape index (κ1) is 20.2. The second-order valence-electron chi connectivity index (χ2n) is 6.57. The number of guanidine groups is 1. The Bertz CT molecular complexity index is 585. The molecule has 26 heavy (non-hydrogen) atoms. The number of rotatable bonds is 10. The fraction of sp³-hybridized carbons (Fsp3) is 0.600. The molecule has 6 nitrogen and oxygen atoms in total. The van der Waals surface area contributed by atoms with Crippen molar-refractivity contribution in [2.45, 2.75) is 45.6 Å². The molecule has 3 N–H and O–H groups in total. The van der Waals surface area contributed by atoms with Gasteiger partial charge in [0, 0.05) is 45.0 Å². The summed E-state index contributed by atoms with van der Waals surface area (Å²) < 4.78 is 5.33. The third-order valence-electron chi connectivity index (χ3n) is 4.57. The molecule has 1 aromatic carbocycles. The van der Waals surface area contributed by atoms with Crippen molar-refractivity contribution in [3.8, 4) is 0 Å². The van der Waals surface area contributed by atoms with Gasteiger partial charge < -0.3 is 20.7 Å². The molecule has 0 aliphatic heterocycles. The van der Waals surface area contributed by atoms with Gasteiger partial charge >= 0.3 is 0 Å². The summed E-state index contributed by atoms with van der Waals surface area (Å²) in [4.78, 5) is 16.3. The fourth-order valence-electron chi connectivity index (χ4n) is 2.76. The molecule has 1 fully saturated rings. The number of carbonyl (C=O) groups is 1. The fourth-order valence-corrected chi connectivity index (χ4v) is 2.76. The van der Waals surface area contributed by atoms with Crippen molar-refractivity contribution in [1.82, 2.24) is 10.6 Å². The van der Waals surface area contributed by atoms with E-state index in [0.29, 0.717) is 6.54 Å². The minimum Gasteiger partial charge on any atom is -0.382 e. The Morgan fingerprint density at radius 2 is 2.12 bits per heavy atom. The van der Waals surface area contributed by atoms with Crippen LogP contribution in [0.2, 0.25) is 0 Å². The average molecular weight is 361 g/mol. The van der Waals surface area contributed by atoms with Crippen LogP contribution in [0, 0.1) is 5.92 Å². The van der Waals surface area contributed by atoms with E-state index >= 15 is 0 Å². The lowest BCUT2D eigenvalue weighted by Gasteiger charge is -2.24. The summed E-state index contributed by atoms with van der Waals surface area (Å²) in [6, 6.07) is 7.96. The molecule has 6 heteroatoms. The van der Waals surface area contributed by atoms with Crippen LogP contribution in [-0.2, 0) is 16.1 Å². The molecule has 0 heterocycles. The summed E-state index contributed by atoms with van der Waals surface area (Å²) in [5.41, 5.74) is 1.97. The Balaban J connectivity index is 1.71. The molecule has 1 aliphatic carbocycles. The normalized spacial score (nSPS) is 14.6. The van der Waals surface area contributed by atoms with Crippen LogP contribution in [0.1, 0.15) is 44.6 Å². The Labute approximate surface area is 156 Å². The van der Waals surface area contributed by atoms with Crippen molar-refractivity contribution in [2.24, 2.45) is 10.9 Å². The number of hydrogen-bond acceptors (Lipinski definition) is 3. The standard InChI is InChI=1S/C20H32N4O2/c1-3-26-13-5-4-12-22-20(21-2)23-15-16-8-6-11-18(14-16)24-19(25)17-9-7-10-17/h6,8,11,14,17H,3-5,7,9-10,12-13,15H2,1-2H3,(H,24,25)(H2,21,22,23). The number of carbonyl (C=O) groups excluding carboxylic acids is 1. The van der Waals surface area contributed by atoms with Gasteiger partial charge in [-0.15, -0.1) is 0 Å². The summed E-state index contributed by atoms with van der Waals surface area (Å²) in [6.45, 7) is 5.12. The van der Waals surface area contributed by atoms with Crippen LogP contribution < -0.4 is 16.0 Å². The van der Waals surface area contributed by atoms with Gasteiger partial charge in [0.15, 0.2) is 5.96 Å². The molecule has 0 spiro atoms. The number of nitrogens with zero attached hydrogens (tertiary/aromatic N) is 1. The maximum atomic E-state index is 12.1. The van der Waals surface area contributed by atoms with Gasteiger partial charge in [-0.25, -0.2) is 0 Å². The van der Waals surface area contributed by atoms with E-state index in [4.69, 9.17) is 4.74 Å². The molecule has 1 saturated carbocycles. The highest BCUT2D eigenvalue weighted by Crippen LogP contribution is 2.27. The number of nitrogens with one attached hydrogen (secondary N) is 3. The Morgan fingerprint density at radius 3 is 2.81 bits per heavy atom. The van der Waals surface area contributed by atoms with Gasteiger partial charge in [-0.1, -0.05) is 18.6 Å². The monoisotopic (exact) mass is 360 g/mol. The molecule has 1 aliphatic rings. The van der Waals surface area contributed by atoms with Gasteiger partial charge in [-0.2, -0.15) is 0 Å². The number of ether oxygens (including phenoxy) is 1. The highest BCUT2D eigenvalue weighted by molar-refractivity contribution is 5.93. The van der Waals surface area contributed by atoms with Gasteiger partial charge in [0.1, 0.15) is 0 Å². The third kappa shape index (κ3) is 7.04. The predicted octanol–water partition coefficient (Wildman–Crippen LogP) is 2.91. The van der Waals surface area contributed by atoms with Crippen molar-refractivity contribution >= 4 is 17.6 Å². The van der Waals surface area contributed by atoms with Gasteiger partial charge in [0.05, 0.1) is 0 Å². The SMILES string of the molecule is CCOCCCCNC(=NC)NCc1cccc(NC(=O)C2CCC2)c1.